The predicted octanol–water partition coefficient (Wildman–Crippen LogP) is 0.435. The summed E-state index contributed by atoms with van der Waals surface area (Å²) < 4.78 is 7.17. The van der Waals surface area contributed by atoms with Crippen LogP contribution in [0.3, 0.4) is 0 Å². The summed E-state index contributed by atoms with van der Waals surface area (Å²) in [6.07, 6.45) is 4.95. The third-order valence-corrected chi connectivity index (χ3v) is 3.48. The average molecular weight is 238 g/mol. The smallest absolute Gasteiger partial charge is 0.0537 e. The number of nitrogens with two attached hydrogens (primary N) is 1. The highest BCUT2D eigenvalue weighted by Gasteiger charge is 2.22. The molecular formula is C12H22N4O. The van der Waals surface area contributed by atoms with Gasteiger partial charge < -0.3 is 15.8 Å². The minimum Gasteiger partial charge on any atom is -0.381 e. The summed E-state index contributed by atoms with van der Waals surface area (Å²) in [5.74, 6) is 0.621. The third kappa shape index (κ3) is 3.28. The highest BCUT2D eigenvalue weighted by molar-refractivity contribution is 5.09. The van der Waals surface area contributed by atoms with Gasteiger partial charge in [-0.15, -0.1) is 0 Å². The molecule has 1 aliphatic rings. The molecule has 5 nitrogen and oxygen atoms in total. The lowest BCUT2D eigenvalue weighted by Crippen LogP contribution is -2.38. The zero-order valence-corrected chi connectivity index (χ0v) is 10.6. The molecule has 1 aromatic rings. The Morgan fingerprint density at radius 2 is 2.53 bits per heavy atom. The second-order valence-electron chi connectivity index (χ2n) is 4.87. The van der Waals surface area contributed by atoms with Gasteiger partial charge in [0.05, 0.1) is 12.8 Å². The van der Waals surface area contributed by atoms with Crippen LogP contribution in [-0.4, -0.2) is 35.6 Å². The standard InChI is InChI=1S/C12H22N4O/c1-9(10-3-4-17-8-10)14-6-12(13)11-5-15-16(2)7-11/h5,7,9-10,12,14H,3-4,6,8,13H2,1-2H3. The Hall–Kier alpha value is -0.910. The fourth-order valence-electron chi connectivity index (χ4n) is 2.18. The van der Waals surface area contributed by atoms with E-state index >= 15 is 0 Å². The first-order chi connectivity index (χ1) is 8.16. The van der Waals surface area contributed by atoms with Gasteiger partial charge in [-0.05, 0) is 19.3 Å². The number of ether oxygens (including phenoxy) is 1. The van der Waals surface area contributed by atoms with Crippen molar-refractivity contribution >= 4 is 0 Å². The van der Waals surface area contributed by atoms with E-state index in [1.54, 1.807) is 4.68 Å². The second-order valence-corrected chi connectivity index (χ2v) is 4.87. The minimum absolute atomic E-state index is 0.00784. The lowest BCUT2D eigenvalue weighted by Gasteiger charge is -2.21. The van der Waals surface area contributed by atoms with Crippen LogP contribution in [0.4, 0.5) is 0 Å². The van der Waals surface area contributed by atoms with Crippen molar-refractivity contribution in [2.24, 2.45) is 18.7 Å². The van der Waals surface area contributed by atoms with Gasteiger partial charge in [0.15, 0.2) is 0 Å². The number of rotatable bonds is 5. The molecule has 3 unspecified atom stereocenters. The van der Waals surface area contributed by atoms with Gasteiger partial charge in [0.1, 0.15) is 0 Å². The maximum Gasteiger partial charge on any atom is 0.0537 e. The van der Waals surface area contributed by atoms with Gasteiger partial charge in [0.2, 0.25) is 0 Å². The summed E-state index contributed by atoms with van der Waals surface area (Å²) in [5.41, 5.74) is 7.19. The van der Waals surface area contributed by atoms with Crippen molar-refractivity contribution in [3.63, 3.8) is 0 Å². The highest BCUT2D eigenvalue weighted by atomic mass is 16.5. The molecule has 3 N–H and O–H groups in total. The molecule has 1 fully saturated rings. The molecule has 0 aliphatic carbocycles. The summed E-state index contributed by atoms with van der Waals surface area (Å²) in [5, 5.41) is 7.62. The van der Waals surface area contributed by atoms with Gasteiger partial charge in [0.25, 0.3) is 0 Å². The van der Waals surface area contributed by atoms with Gasteiger partial charge in [-0.2, -0.15) is 5.10 Å². The predicted molar refractivity (Wildman–Crippen MR) is 66.5 cm³/mol. The molecule has 2 heterocycles. The highest BCUT2D eigenvalue weighted by Crippen LogP contribution is 2.17. The molecule has 0 aromatic carbocycles. The van der Waals surface area contributed by atoms with Gasteiger partial charge in [-0.1, -0.05) is 0 Å². The number of nitrogens with one attached hydrogen (secondary N) is 1. The summed E-state index contributed by atoms with van der Waals surface area (Å²) >= 11 is 0. The zero-order valence-electron chi connectivity index (χ0n) is 10.6. The number of aryl methyl sites for hydroxylation is 1. The summed E-state index contributed by atoms with van der Waals surface area (Å²) in [6.45, 7) is 4.75. The van der Waals surface area contributed by atoms with Crippen LogP contribution >= 0.6 is 0 Å². The Bertz CT molecular complexity index is 346. The molecule has 0 amide bonds. The van der Waals surface area contributed by atoms with E-state index in [9.17, 15) is 0 Å². The van der Waals surface area contributed by atoms with Crippen LogP contribution in [0.25, 0.3) is 0 Å². The lowest BCUT2D eigenvalue weighted by atomic mass is 10.0. The molecule has 1 saturated heterocycles. The zero-order chi connectivity index (χ0) is 12.3. The Balaban J connectivity index is 1.77. The molecule has 2 rings (SSSR count). The number of hydrogen-bond donors (Lipinski definition) is 2. The number of hydrogen-bond acceptors (Lipinski definition) is 4. The molecule has 5 heteroatoms. The first kappa shape index (κ1) is 12.5. The van der Waals surface area contributed by atoms with Crippen molar-refractivity contribution in [3.8, 4) is 0 Å². The third-order valence-electron chi connectivity index (χ3n) is 3.48. The molecule has 17 heavy (non-hydrogen) atoms. The molecule has 0 saturated carbocycles. The first-order valence-corrected chi connectivity index (χ1v) is 6.22. The average Bonchev–Trinajstić information content (AvgIpc) is 2.95. The maximum atomic E-state index is 6.11. The van der Waals surface area contributed by atoms with Crippen LogP contribution in [-0.2, 0) is 11.8 Å². The van der Waals surface area contributed by atoms with Crippen LogP contribution in [0.15, 0.2) is 12.4 Å². The molecule has 3 atom stereocenters. The Morgan fingerprint density at radius 1 is 1.71 bits per heavy atom. The van der Waals surface area contributed by atoms with E-state index in [0.29, 0.717) is 12.0 Å². The Kier molecular flexibility index (Phi) is 4.15. The largest absolute Gasteiger partial charge is 0.381 e. The van der Waals surface area contributed by atoms with Crippen LogP contribution in [0, 0.1) is 5.92 Å². The maximum absolute atomic E-state index is 6.11. The fraction of sp³-hybridized carbons (Fsp3) is 0.750. The SMILES string of the molecule is CC(NCC(N)c1cnn(C)c1)C1CCOC1. The summed E-state index contributed by atoms with van der Waals surface area (Å²) in [4.78, 5) is 0. The van der Waals surface area contributed by atoms with Crippen molar-refractivity contribution in [1.82, 2.24) is 15.1 Å². The van der Waals surface area contributed by atoms with E-state index in [-0.39, 0.29) is 6.04 Å². The van der Waals surface area contributed by atoms with E-state index in [0.717, 1.165) is 31.7 Å². The first-order valence-electron chi connectivity index (χ1n) is 6.22. The molecule has 0 spiro atoms. The van der Waals surface area contributed by atoms with Crippen LogP contribution in [0.1, 0.15) is 24.9 Å². The fourth-order valence-corrected chi connectivity index (χ4v) is 2.18. The second kappa shape index (κ2) is 5.62. The number of nitrogens with zero attached hydrogens (tertiary/aromatic N) is 2. The van der Waals surface area contributed by atoms with Crippen molar-refractivity contribution in [2.45, 2.75) is 25.4 Å². The summed E-state index contributed by atoms with van der Waals surface area (Å²) in [6, 6.07) is 0.466. The van der Waals surface area contributed by atoms with Crippen LogP contribution in [0.2, 0.25) is 0 Å². The van der Waals surface area contributed by atoms with Crippen molar-refractivity contribution in [1.29, 1.82) is 0 Å². The molecule has 0 radical (unpaired) electrons. The molecule has 1 aliphatic heterocycles. The number of aromatic nitrogens is 2. The Labute approximate surface area is 102 Å². The van der Waals surface area contributed by atoms with Crippen molar-refractivity contribution in [3.05, 3.63) is 18.0 Å². The molecule has 96 valence electrons. The molecule has 0 bridgehead atoms. The van der Waals surface area contributed by atoms with Crippen LogP contribution in [0.5, 0.6) is 0 Å². The van der Waals surface area contributed by atoms with E-state index in [1.165, 1.54) is 0 Å². The van der Waals surface area contributed by atoms with E-state index in [1.807, 2.05) is 19.4 Å². The quantitative estimate of drug-likeness (QED) is 0.781. The van der Waals surface area contributed by atoms with Crippen molar-refractivity contribution < 1.29 is 4.74 Å². The van der Waals surface area contributed by atoms with Gasteiger partial charge in [-0.3, -0.25) is 4.68 Å². The van der Waals surface area contributed by atoms with E-state index < -0.39 is 0 Å². The monoisotopic (exact) mass is 238 g/mol. The van der Waals surface area contributed by atoms with Crippen molar-refractivity contribution in [2.75, 3.05) is 19.8 Å². The molecule has 1 aromatic heterocycles. The normalized spacial score (nSPS) is 23.8. The van der Waals surface area contributed by atoms with Crippen LogP contribution < -0.4 is 11.1 Å². The van der Waals surface area contributed by atoms with E-state index in [2.05, 4.69) is 17.3 Å². The van der Waals surface area contributed by atoms with Gasteiger partial charge in [-0.25, -0.2) is 0 Å². The van der Waals surface area contributed by atoms with Gasteiger partial charge in [0, 0.05) is 44.0 Å². The van der Waals surface area contributed by atoms with Gasteiger partial charge >= 0.3 is 0 Å². The topological polar surface area (TPSA) is 65.1 Å². The molecular weight excluding hydrogens is 216 g/mol. The van der Waals surface area contributed by atoms with E-state index in [4.69, 9.17) is 10.5 Å². The summed E-state index contributed by atoms with van der Waals surface area (Å²) in [7, 11) is 1.90. The lowest BCUT2D eigenvalue weighted by molar-refractivity contribution is 0.178. The minimum atomic E-state index is 0.00784. The Morgan fingerprint density at radius 3 is 3.12 bits per heavy atom.